The van der Waals surface area contributed by atoms with Crippen LogP contribution in [0.15, 0.2) is 22.8 Å². The molecular weight excluding hydrogens is 256 g/mol. The average molecular weight is 269 g/mol. The molecular formula is C11H13BrN2O. The molecule has 1 heterocycles. The highest BCUT2D eigenvalue weighted by Crippen LogP contribution is 2.26. The molecule has 0 aliphatic rings. The van der Waals surface area contributed by atoms with Crippen LogP contribution in [0.25, 0.3) is 10.9 Å². The zero-order valence-corrected chi connectivity index (χ0v) is 10.3. The highest BCUT2D eigenvalue weighted by atomic mass is 79.9. The molecule has 1 aromatic carbocycles. The molecule has 1 aromatic heterocycles. The minimum atomic E-state index is 0.168. The van der Waals surface area contributed by atoms with Crippen LogP contribution in [0.1, 0.15) is 18.4 Å². The molecule has 0 aliphatic heterocycles. The molecule has 4 heteroatoms. The molecule has 3 nitrogen and oxygen atoms in total. The van der Waals surface area contributed by atoms with Crippen LogP contribution in [0.4, 0.5) is 0 Å². The highest BCUT2D eigenvalue weighted by Gasteiger charge is 2.09. The van der Waals surface area contributed by atoms with Gasteiger partial charge in [0, 0.05) is 25.0 Å². The van der Waals surface area contributed by atoms with Crippen molar-refractivity contribution in [2.45, 2.75) is 12.8 Å². The summed E-state index contributed by atoms with van der Waals surface area (Å²) in [6.45, 7) is 2.18. The first-order valence-corrected chi connectivity index (χ1v) is 5.65. The van der Waals surface area contributed by atoms with E-state index in [4.69, 9.17) is 5.11 Å². The first-order valence-electron chi connectivity index (χ1n) is 4.86. The van der Waals surface area contributed by atoms with Crippen molar-refractivity contribution in [3.8, 4) is 0 Å². The number of aliphatic hydroxyl groups is 1. The van der Waals surface area contributed by atoms with E-state index in [-0.39, 0.29) is 12.5 Å². The van der Waals surface area contributed by atoms with E-state index >= 15 is 0 Å². The van der Waals surface area contributed by atoms with Gasteiger partial charge in [0.1, 0.15) is 4.60 Å². The average Bonchev–Trinajstić information content (AvgIpc) is 2.53. The van der Waals surface area contributed by atoms with Crippen LogP contribution in [-0.4, -0.2) is 21.5 Å². The summed E-state index contributed by atoms with van der Waals surface area (Å²) in [5.41, 5.74) is 2.23. The number of aromatic nitrogens is 2. The molecule has 0 saturated heterocycles. The third kappa shape index (κ3) is 1.79. The molecule has 1 N–H and O–H groups in total. The van der Waals surface area contributed by atoms with E-state index in [2.05, 4.69) is 27.1 Å². The Kier molecular flexibility index (Phi) is 2.80. The lowest BCUT2D eigenvalue weighted by Gasteiger charge is -2.07. The molecule has 0 spiro atoms. The molecule has 15 heavy (non-hydrogen) atoms. The van der Waals surface area contributed by atoms with Gasteiger partial charge < -0.3 is 5.11 Å². The number of hydrogen-bond acceptors (Lipinski definition) is 2. The van der Waals surface area contributed by atoms with Crippen LogP contribution in [0.3, 0.4) is 0 Å². The summed E-state index contributed by atoms with van der Waals surface area (Å²) in [4.78, 5) is 0. The first-order chi connectivity index (χ1) is 7.13. The smallest absolute Gasteiger partial charge is 0.135 e. The Balaban J connectivity index is 2.60. The predicted octanol–water partition coefficient (Wildman–Crippen LogP) is 2.43. The van der Waals surface area contributed by atoms with Crippen LogP contribution >= 0.6 is 15.9 Å². The summed E-state index contributed by atoms with van der Waals surface area (Å²) in [6.07, 6.45) is 0. The molecule has 80 valence electrons. The minimum absolute atomic E-state index is 0.168. The zero-order valence-electron chi connectivity index (χ0n) is 8.74. The van der Waals surface area contributed by atoms with Gasteiger partial charge in [0.15, 0.2) is 0 Å². The molecule has 0 fully saturated rings. The Hall–Kier alpha value is -0.870. The fraction of sp³-hybridized carbons (Fsp3) is 0.364. The van der Waals surface area contributed by atoms with E-state index in [0.717, 1.165) is 21.1 Å². The number of benzene rings is 1. The lowest BCUT2D eigenvalue weighted by atomic mass is 10.0. The van der Waals surface area contributed by atoms with E-state index in [9.17, 15) is 0 Å². The summed E-state index contributed by atoms with van der Waals surface area (Å²) in [5, 5.41) is 14.5. The quantitative estimate of drug-likeness (QED) is 0.909. The van der Waals surface area contributed by atoms with Crippen LogP contribution in [-0.2, 0) is 7.05 Å². The highest BCUT2D eigenvalue weighted by molar-refractivity contribution is 9.10. The number of nitrogens with zero attached hydrogens (tertiary/aromatic N) is 2. The molecule has 2 rings (SSSR count). The Morgan fingerprint density at radius 3 is 2.93 bits per heavy atom. The van der Waals surface area contributed by atoms with Crippen molar-refractivity contribution in [3.63, 3.8) is 0 Å². The van der Waals surface area contributed by atoms with Gasteiger partial charge in [-0.3, -0.25) is 4.68 Å². The molecule has 0 saturated carbocycles. The van der Waals surface area contributed by atoms with Gasteiger partial charge in [-0.25, -0.2) is 0 Å². The number of rotatable bonds is 2. The number of aliphatic hydroxyl groups excluding tert-OH is 1. The Morgan fingerprint density at radius 1 is 1.53 bits per heavy atom. The van der Waals surface area contributed by atoms with Gasteiger partial charge in [-0.1, -0.05) is 13.0 Å². The second-order valence-corrected chi connectivity index (χ2v) is 4.53. The second-order valence-electron chi connectivity index (χ2n) is 3.77. The van der Waals surface area contributed by atoms with Crippen molar-refractivity contribution in [2.24, 2.45) is 7.05 Å². The van der Waals surface area contributed by atoms with Crippen LogP contribution < -0.4 is 0 Å². The van der Waals surface area contributed by atoms with E-state index in [0.29, 0.717) is 0 Å². The summed E-state index contributed by atoms with van der Waals surface area (Å²) in [6, 6.07) is 6.15. The van der Waals surface area contributed by atoms with E-state index in [1.807, 2.05) is 30.8 Å². The number of aryl methyl sites for hydroxylation is 1. The molecule has 1 atom stereocenters. The zero-order chi connectivity index (χ0) is 11.0. The summed E-state index contributed by atoms with van der Waals surface area (Å²) >= 11 is 3.43. The second kappa shape index (κ2) is 3.94. The van der Waals surface area contributed by atoms with Crippen molar-refractivity contribution < 1.29 is 5.11 Å². The van der Waals surface area contributed by atoms with Gasteiger partial charge in [0.2, 0.25) is 0 Å². The molecule has 0 radical (unpaired) electrons. The third-order valence-corrected chi connectivity index (χ3v) is 3.26. The molecule has 2 aromatic rings. The molecule has 1 unspecified atom stereocenters. The summed E-state index contributed by atoms with van der Waals surface area (Å²) in [7, 11) is 1.92. The first kappa shape index (κ1) is 10.6. The monoisotopic (exact) mass is 268 g/mol. The normalized spacial score (nSPS) is 13.3. The van der Waals surface area contributed by atoms with E-state index < -0.39 is 0 Å². The maximum atomic E-state index is 9.10. The summed E-state index contributed by atoms with van der Waals surface area (Å²) < 4.78 is 2.69. The van der Waals surface area contributed by atoms with Crippen molar-refractivity contribution in [3.05, 3.63) is 28.4 Å². The van der Waals surface area contributed by atoms with Gasteiger partial charge in [-0.05, 0) is 33.6 Å². The topological polar surface area (TPSA) is 38.1 Å². The van der Waals surface area contributed by atoms with Crippen LogP contribution in [0.2, 0.25) is 0 Å². The number of halogens is 1. The molecule has 0 aliphatic carbocycles. The van der Waals surface area contributed by atoms with Gasteiger partial charge in [-0.15, -0.1) is 0 Å². The van der Waals surface area contributed by atoms with E-state index in [1.165, 1.54) is 0 Å². The standard InChI is InChI=1S/C11H13BrN2O/c1-7(6-15)8-3-4-10-9(5-8)11(12)13-14(10)2/h3-5,7,15H,6H2,1-2H3. The fourth-order valence-electron chi connectivity index (χ4n) is 1.65. The van der Waals surface area contributed by atoms with Crippen molar-refractivity contribution in [1.82, 2.24) is 9.78 Å². The van der Waals surface area contributed by atoms with Gasteiger partial charge in [-0.2, -0.15) is 5.10 Å². The predicted molar refractivity (Wildman–Crippen MR) is 63.9 cm³/mol. The van der Waals surface area contributed by atoms with Crippen molar-refractivity contribution in [1.29, 1.82) is 0 Å². The maximum absolute atomic E-state index is 9.10. The number of fused-ring (bicyclic) bond motifs is 1. The molecule has 0 amide bonds. The van der Waals surface area contributed by atoms with Crippen molar-refractivity contribution >= 4 is 26.8 Å². The third-order valence-electron chi connectivity index (χ3n) is 2.67. The molecule has 0 bridgehead atoms. The number of hydrogen-bond donors (Lipinski definition) is 1. The largest absolute Gasteiger partial charge is 0.396 e. The Labute approximate surface area is 96.8 Å². The minimum Gasteiger partial charge on any atom is -0.396 e. The lowest BCUT2D eigenvalue weighted by Crippen LogP contribution is -1.98. The van der Waals surface area contributed by atoms with Crippen LogP contribution in [0, 0.1) is 0 Å². The van der Waals surface area contributed by atoms with Crippen LogP contribution in [0.5, 0.6) is 0 Å². The van der Waals surface area contributed by atoms with Gasteiger partial charge in [0.05, 0.1) is 5.52 Å². The van der Waals surface area contributed by atoms with E-state index in [1.54, 1.807) is 0 Å². The fourth-order valence-corrected chi connectivity index (χ4v) is 2.21. The maximum Gasteiger partial charge on any atom is 0.135 e. The Morgan fingerprint density at radius 2 is 2.27 bits per heavy atom. The lowest BCUT2D eigenvalue weighted by molar-refractivity contribution is 0.273. The van der Waals surface area contributed by atoms with Gasteiger partial charge in [0.25, 0.3) is 0 Å². The van der Waals surface area contributed by atoms with Gasteiger partial charge >= 0.3 is 0 Å². The van der Waals surface area contributed by atoms with Crippen molar-refractivity contribution in [2.75, 3.05) is 6.61 Å². The Bertz CT molecular complexity index is 493. The summed E-state index contributed by atoms with van der Waals surface area (Å²) in [5.74, 6) is 0.168. The SMILES string of the molecule is CC(CO)c1ccc2c(c1)c(Br)nn2C.